The highest BCUT2D eigenvalue weighted by molar-refractivity contribution is 7.99. The van der Waals surface area contributed by atoms with Crippen LogP contribution in [0.25, 0.3) is 10.9 Å². The Balaban J connectivity index is 0.00000256. The lowest BCUT2D eigenvalue weighted by Gasteiger charge is -2.11. The van der Waals surface area contributed by atoms with Crippen molar-refractivity contribution in [3.8, 4) is 0 Å². The summed E-state index contributed by atoms with van der Waals surface area (Å²) in [6.07, 6.45) is -0.154. The number of hydrogen-bond acceptors (Lipinski definition) is 2. The first-order valence-corrected chi connectivity index (χ1v) is 10.2. The summed E-state index contributed by atoms with van der Waals surface area (Å²) in [4.78, 5) is 13.4. The lowest BCUT2D eigenvalue weighted by Crippen LogP contribution is -2.10. The van der Waals surface area contributed by atoms with E-state index in [1.54, 1.807) is 18.2 Å². The Morgan fingerprint density at radius 2 is 1.73 bits per heavy atom. The Labute approximate surface area is 184 Å². The van der Waals surface area contributed by atoms with E-state index in [-0.39, 0.29) is 19.7 Å². The van der Waals surface area contributed by atoms with Crippen molar-refractivity contribution >= 4 is 40.2 Å². The first kappa shape index (κ1) is 21.9. The van der Waals surface area contributed by atoms with E-state index >= 15 is 0 Å². The average molecular weight is 442 g/mol. The standard InChI is InChI=1S/C23H17ClFNO2S.CH4/c24-16-8-6-15(7-9-16)14-26-20-11-10-17(25)12-19(20)23(21(26)13-22(27)28)29-18-4-2-1-3-5-18;/h1-12H,13-14H2,(H,27,28);1H4. The summed E-state index contributed by atoms with van der Waals surface area (Å²) in [7, 11) is 0. The molecular formula is C24H21ClFNO2S. The molecule has 0 aliphatic rings. The average Bonchev–Trinajstić information content (AvgIpc) is 2.96. The number of fused-ring (bicyclic) bond motifs is 1. The van der Waals surface area contributed by atoms with Gasteiger partial charge in [0, 0.05) is 38.0 Å². The van der Waals surface area contributed by atoms with Gasteiger partial charge in [-0.1, -0.05) is 61.1 Å². The number of aliphatic carboxylic acids is 1. The van der Waals surface area contributed by atoms with Crippen LogP contribution in [0.3, 0.4) is 0 Å². The number of hydrogen-bond donors (Lipinski definition) is 1. The van der Waals surface area contributed by atoms with Crippen LogP contribution in [0, 0.1) is 5.82 Å². The fourth-order valence-corrected chi connectivity index (χ4v) is 4.57. The number of carboxylic acids is 1. The molecule has 0 saturated heterocycles. The molecule has 0 aliphatic heterocycles. The minimum absolute atomic E-state index is 0. The third kappa shape index (κ3) is 4.69. The van der Waals surface area contributed by atoms with Crippen LogP contribution in [0.15, 0.2) is 82.6 Å². The lowest BCUT2D eigenvalue weighted by molar-refractivity contribution is -0.136. The number of halogens is 2. The molecule has 4 rings (SSSR count). The van der Waals surface area contributed by atoms with Crippen molar-refractivity contribution in [2.45, 2.75) is 30.2 Å². The van der Waals surface area contributed by atoms with Crippen molar-refractivity contribution in [3.63, 3.8) is 0 Å². The first-order chi connectivity index (χ1) is 14.0. The SMILES string of the molecule is C.O=C(O)Cc1c(Sc2ccccc2)c2cc(F)ccc2n1Cc1ccc(Cl)cc1. The number of benzene rings is 3. The van der Waals surface area contributed by atoms with E-state index < -0.39 is 5.97 Å². The topological polar surface area (TPSA) is 42.2 Å². The molecule has 4 aromatic rings. The van der Waals surface area contributed by atoms with Gasteiger partial charge in [0.25, 0.3) is 0 Å². The summed E-state index contributed by atoms with van der Waals surface area (Å²) in [5.41, 5.74) is 2.44. The van der Waals surface area contributed by atoms with Gasteiger partial charge in [0.2, 0.25) is 0 Å². The van der Waals surface area contributed by atoms with Gasteiger partial charge < -0.3 is 9.67 Å². The van der Waals surface area contributed by atoms with E-state index in [1.165, 1.54) is 23.9 Å². The molecule has 0 radical (unpaired) electrons. The van der Waals surface area contributed by atoms with Crippen LogP contribution in [0.2, 0.25) is 5.02 Å². The third-order valence-electron chi connectivity index (χ3n) is 4.62. The molecule has 3 nitrogen and oxygen atoms in total. The van der Waals surface area contributed by atoms with Gasteiger partial charge in [-0.3, -0.25) is 4.79 Å². The van der Waals surface area contributed by atoms with Crippen LogP contribution in [0.5, 0.6) is 0 Å². The van der Waals surface area contributed by atoms with Gasteiger partial charge in [-0.15, -0.1) is 0 Å². The number of rotatable bonds is 6. The molecule has 1 aromatic heterocycles. The zero-order valence-corrected chi connectivity index (χ0v) is 16.9. The maximum absolute atomic E-state index is 14.1. The van der Waals surface area contributed by atoms with Crippen LogP contribution in [-0.4, -0.2) is 15.6 Å². The Kier molecular flexibility index (Phi) is 6.85. The summed E-state index contributed by atoms with van der Waals surface area (Å²) in [6.45, 7) is 0.470. The summed E-state index contributed by atoms with van der Waals surface area (Å²) in [5, 5.41) is 10.9. The molecule has 0 saturated carbocycles. The molecule has 0 amide bonds. The second kappa shape index (κ2) is 9.37. The zero-order chi connectivity index (χ0) is 20.4. The van der Waals surface area contributed by atoms with Gasteiger partial charge in [-0.2, -0.15) is 0 Å². The molecule has 1 heterocycles. The molecule has 6 heteroatoms. The maximum atomic E-state index is 14.1. The van der Waals surface area contributed by atoms with Crippen LogP contribution in [0.4, 0.5) is 4.39 Å². The largest absolute Gasteiger partial charge is 0.481 e. The number of nitrogens with zero attached hydrogens (tertiary/aromatic N) is 1. The van der Waals surface area contributed by atoms with Crippen molar-refractivity contribution < 1.29 is 14.3 Å². The van der Waals surface area contributed by atoms with Crippen LogP contribution >= 0.6 is 23.4 Å². The fourth-order valence-electron chi connectivity index (χ4n) is 3.34. The monoisotopic (exact) mass is 441 g/mol. The van der Waals surface area contributed by atoms with Crippen molar-refractivity contribution in [1.29, 1.82) is 0 Å². The zero-order valence-electron chi connectivity index (χ0n) is 15.3. The number of aromatic nitrogens is 1. The first-order valence-electron chi connectivity index (χ1n) is 9.01. The molecule has 0 bridgehead atoms. The molecule has 0 fully saturated rings. The summed E-state index contributed by atoms with van der Waals surface area (Å²) in [5.74, 6) is -1.28. The van der Waals surface area contributed by atoms with Crippen LogP contribution < -0.4 is 0 Å². The smallest absolute Gasteiger partial charge is 0.309 e. The van der Waals surface area contributed by atoms with E-state index in [4.69, 9.17) is 11.6 Å². The van der Waals surface area contributed by atoms with E-state index in [9.17, 15) is 14.3 Å². The lowest BCUT2D eigenvalue weighted by atomic mass is 10.2. The number of carbonyl (C=O) groups is 1. The van der Waals surface area contributed by atoms with E-state index in [1.807, 2.05) is 47.0 Å². The predicted molar refractivity (Wildman–Crippen MR) is 121 cm³/mol. The summed E-state index contributed by atoms with van der Waals surface area (Å²) in [6, 6.07) is 21.7. The molecule has 0 unspecified atom stereocenters. The van der Waals surface area contributed by atoms with Crippen LogP contribution in [0.1, 0.15) is 18.7 Å². The Bertz CT molecular complexity index is 1170. The Hall–Kier alpha value is -2.76. The summed E-state index contributed by atoms with van der Waals surface area (Å²) < 4.78 is 16.0. The van der Waals surface area contributed by atoms with Crippen molar-refractivity contribution in [2.75, 3.05) is 0 Å². The second-order valence-electron chi connectivity index (χ2n) is 6.64. The molecule has 0 atom stereocenters. The highest BCUT2D eigenvalue weighted by Gasteiger charge is 2.21. The fraction of sp³-hybridized carbons (Fsp3) is 0.125. The van der Waals surface area contributed by atoms with Crippen molar-refractivity contribution in [1.82, 2.24) is 4.57 Å². The third-order valence-corrected chi connectivity index (χ3v) is 6.04. The predicted octanol–water partition coefficient (Wildman–Crippen LogP) is 6.90. The molecule has 154 valence electrons. The van der Waals surface area contributed by atoms with Gasteiger partial charge in [0.1, 0.15) is 5.82 Å². The van der Waals surface area contributed by atoms with Crippen molar-refractivity contribution in [3.05, 3.63) is 94.9 Å². The van der Waals surface area contributed by atoms with Gasteiger partial charge in [-0.25, -0.2) is 4.39 Å². The quantitative estimate of drug-likeness (QED) is 0.354. The molecule has 0 spiro atoms. The van der Waals surface area contributed by atoms with E-state index in [2.05, 4.69) is 0 Å². The number of carboxylic acid groups (broad SMARTS) is 1. The minimum Gasteiger partial charge on any atom is -0.481 e. The minimum atomic E-state index is -0.930. The second-order valence-corrected chi connectivity index (χ2v) is 8.16. The van der Waals surface area contributed by atoms with Gasteiger partial charge in [-0.05, 0) is 48.0 Å². The van der Waals surface area contributed by atoms with Gasteiger partial charge in [0.05, 0.1) is 6.42 Å². The molecule has 30 heavy (non-hydrogen) atoms. The Morgan fingerprint density at radius 3 is 2.40 bits per heavy atom. The molecule has 0 aliphatic carbocycles. The highest BCUT2D eigenvalue weighted by Crippen LogP contribution is 2.39. The van der Waals surface area contributed by atoms with E-state index in [0.717, 1.165) is 20.9 Å². The maximum Gasteiger partial charge on any atom is 0.309 e. The van der Waals surface area contributed by atoms with E-state index in [0.29, 0.717) is 22.6 Å². The summed E-state index contributed by atoms with van der Waals surface area (Å²) >= 11 is 7.45. The Morgan fingerprint density at radius 1 is 1.03 bits per heavy atom. The van der Waals surface area contributed by atoms with Crippen molar-refractivity contribution in [2.24, 2.45) is 0 Å². The molecular weight excluding hydrogens is 421 g/mol. The normalized spacial score (nSPS) is 10.7. The molecule has 3 aromatic carbocycles. The highest BCUT2D eigenvalue weighted by atomic mass is 35.5. The van der Waals surface area contributed by atoms with Gasteiger partial charge in [0.15, 0.2) is 0 Å². The van der Waals surface area contributed by atoms with Crippen LogP contribution in [-0.2, 0) is 17.8 Å². The molecule has 1 N–H and O–H groups in total. The van der Waals surface area contributed by atoms with Gasteiger partial charge >= 0.3 is 5.97 Å².